The van der Waals surface area contributed by atoms with Crippen LogP contribution in [0.2, 0.25) is 0 Å². The van der Waals surface area contributed by atoms with E-state index in [2.05, 4.69) is 14.8 Å². The molecule has 0 saturated heterocycles. The lowest BCUT2D eigenvalue weighted by atomic mass is 10.1. The summed E-state index contributed by atoms with van der Waals surface area (Å²) in [6.07, 6.45) is 0. The first-order valence-electron chi connectivity index (χ1n) is 5.08. The van der Waals surface area contributed by atoms with E-state index in [0.717, 1.165) is 0 Å². The van der Waals surface area contributed by atoms with Gasteiger partial charge in [0.15, 0.2) is 0 Å². The number of carbonyl (C=O) groups excluding carboxylic acids is 3. The Morgan fingerprint density at radius 3 is 1.78 bits per heavy atom. The summed E-state index contributed by atoms with van der Waals surface area (Å²) in [6.45, 7) is 1.27. The maximum atomic E-state index is 11.6. The van der Waals surface area contributed by atoms with E-state index in [0.29, 0.717) is 0 Å². The van der Waals surface area contributed by atoms with E-state index in [-0.39, 0.29) is 16.8 Å². The number of carbonyl (C=O) groups is 3. The second-order valence-electron chi connectivity index (χ2n) is 3.39. The van der Waals surface area contributed by atoms with E-state index in [1.807, 2.05) is 0 Å². The summed E-state index contributed by atoms with van der Waals surface area (Å²) in [5.41, 5.74) is 0.273. The van der Waals surface area contributed by atoms with Crippen LogP contribution in [0.5, 0.6) is 0 Å². The van der Waals surface area contributed by atoms with Crippen LogP contribution < -0.4 is 5.32 Å². The number of anilines is 1. The van der Waals surface area contributed by atoms with Gasteiger partial charge in [-0.15, -0.1) is 0 Å². The van der Waals surface area contributed by atoms with Gasteiger partial charge in [0.25, 0.3) is 0 Å². The highest BCUT2D eigenvalue weighted by Crippen LogP contribution is 2.23. The molecule has 0 bridgehead atoms. The van der Waals surface area contributed by atoms with Crippen LogP contribution >= 0.6 is 0 Å². The average Bonchev–Trinajstić information content (AvgIpc) is 2.36. The van der Waals surface area contributed by atoms with Gasteiger partial charge in [-0.1, -0.05) is 6.07 Å². The third kappa shape index (κ3) is 2.85. The van der Waals surface area contributed by atoms with Crippen molar-refractivity contribution < 1.29 is 23.9 Å². The van der Waals surface area contributed by atoms with Crippen LogP contribution in [0.25, 0.3) is 0 Å². The summed E-state index contributed by atoms with van der Waals surface area (Å²) >= 11 is 0. The molecule has 96 valence electrons. The number of hydrogen-bond donors (Lipinski definition) is 1. The Balaban J connectivity index is 3.38. The van der Waals surface area contributed by atoms with Gasteiger partial charge in [0, 0.05) is 6.92 Å². The van der Waals surface area contributed by atoms with Crippen LogP contribution in [0.4, 0.5) is 5.69 Å². The van der Waals surface area contributed by atoms with Crippen molar-refractivity contribution in [2.24, 2.45) is 0 Å². The van der Waals surface area contributed by atoms with Crippen molar-refractivity contribution in [1.82, 2.24) is 0 Å². The summed E-state index contributed by atoms with van der Waals surface area (Å²) in [4.78, 5) is 34.2. The van der Waals surface area contributed by atoms with Gasteiger partial charge in [0.2, 0.25) is 5.91 Å². The molecule has 6 heteroatoms. The quantitative estimate of drug-likeness (QED) is 0.817. The summed E-state index contributed by atoms with van der Waals surface area (Å²) < 4.78 is 9.17. The van der Waals surface area contributed by atoms with Crippen LogP contribution in [-0.4, -0.2) is 32.1 Å². The SMILES string of the molecule is COC(=O)c1cccc(C(=O)OC)c1NC(C)=O. The first-order chi connectivity index (χ1) is 8.51. The zero-order valence-electron chi connectivity index (χ0n) is 10.3. The van der Waals surface area contributed by atoms with E-state index < -0.39 is 17.8 Å². The molecule has 1 amide bonds. The number of rotatable bonds is 3. The maximum Gasteiger partial charge on any atom is 0.340 e. The standard InChI is InChI=1S/C12H13NO5/c1-7(14)13-10-8(11(15)17-2)5-4-6-9(10)12(16)18-3/h4-6H,1-3H3,(H,13,14). The lowest BCUT2D eigenvalue weighted by Gasteiger charge is -2.12. The number of esters is 2. The van der Waals surface area contributed by atoms with E-state index >= 15 is 0 Å². The normalized spacial score (nSPS) is 9.50. The third-order valence-corrected chi connectivity index (χ3v) is 2.18. The minimum Gasteiger partial charge on any atom is -0.465 e. The van der Waals surface area contributed by atoms with E-state index in [4.69, 9.17) is 0 Å². The summed E-state index contributed by atoms with van der Waals surface area (Å²) in [5.74, 6) is -1.70. The van der Waals surface area contributed by atoms with Gasteiger partial charge >= 0.3 is 11.9 Å². The van der Waals surface area contributed by atoms with Crippen molar-refractivity contribution in [3.63, 3.8) is 0 Å². The molecule has 0 fully saturated rings. The summed E-state index contributed by atoms with van der Waals surface area (Å²) in [6, 6.07) is 4.40. The Kier molecular flexibility index (Phi) is 4.42. The Bertz CT molecular complexity index is 461. The topological polar surface area (TPSA) is 81.7 Å². The molecule has 0 spiro atoms. The molecule has 1 aromatic carbocycles. The molecule has 0 aliphatic heterocycles. The molecule has 1 aromatic rings. The van der Waals surface area contributed by atoms with Crippen LogP contribution in [0.1, 0.15) is 27.6 Å². The Morgan fingerprint density at radius 2 is 1.44 bits per heavy atom. The Labute approximate surface area is 104 Å². The van der Waals surface area contributed by atoms with Crippen molar-refractivity contribution in [3.8, 4) is 0 Å². The average molecular weight is 251 g/mol. The van der Waals surface area contributed by atoms with Gasteiger partial charge in [-0.05, 0) is 12.1 Å². The highest BCUT2D eigenvalue weighted by molar-refractivity contribution is 6.08. The second-order valence-corrected chi connectivity index (χ2v) is 3.39. The first-order valence-corrected chi connectivity index (χ1v) is 5.08. The van der Waals surface area contributed by atoms with E-state index in [9.17, 15) is 14.4 Å². The van der Waals surface area contributed by atoms with Gasteiger partial charge in [-0.25, -0.2) is 9.59 Å². The van der Waals surface area contributed by atoms with Crippen molar-refractivity contribution in [2.75, 3.05) is 19.5 Å². The molecule has 0 aromatic heterocycles. The number of hydrogen-bond acceptors (Lipinski definition) is 5. The number of nitrogens with one attached hydrogen (secondary N) is 1. The molecule has 0 aliphatic carbocycles. The molecule has 0 unspecified atom stereocenters. The molecule has 0 heterocycles. The number of ether oxygens (including phenoxy) is 2. The predicted octanol–water partition coefficient (Wildman–Crippen LogP) is 1.22. The minimum atomic E-state index is -0.649. The molecule has 0 atom stereocenters. The number of benzene rings is 1. The van der Waals surface area contributed by atoms with Crippen LogP contribution in [0, 0.1) is 0 Å². The number of methoxy groups -OCH3 is 2. The molecule has 1 rings (SSSR count). The zero-order chi connectivity index (χ0) is 13.7. The van der Waals surface area contributed by atoms with E-state index in [1.54, 1.807) is 0 Å². The molecule has 0 radical (unpaired) electrons. The van der Waals surface area contributed by atoms with Gasteiger partial charge in [-0.3, -0.25) is 4.79 Å². The monoisotopic (exact) mass is 251 g/mol. The number of para-hydroxylation sites is 1. The molecular weight excluding hydrogens is 238 g/mol. The largest absolute Gasteiger partial charge is 0.465 e. The van der Waals surface area contributed by atoms with Crippen LogP contribution in [-0.2, 0) is 14.3 Å². The van der Waals surface area contributed by atoms with Crippen molar-refractivity contribution in [1.29, 1.82) is 0 Å². The highest BCUT2D eigenvalue weighted by atomic mass is 16.5. The molecule has 0 saturated carbocycles. The Hall–Kier alpha value is -2.37. The second kappa shape index (κ2) is 5.81. The van der Waals surface area contributed by atoms with Gasteiger partial charge in [-0.2, -0.15) is 0 Å². The predicted molar refractivity (Wildman–Crippen MR) is 63.4 cm³/mol. The molecule has 6 nitrogen and oxygen atoms in total. The zero-order valence-corrected chi connectivity index (χ0v) is 10.3. The lowest BCUT2D eigenvalue weighted by Crippen LogP contribution is -2.16. The molecule has 18 heavy (non-hydrogen) atoms. The third-order valence-electron chi connectivity index (χ3n) is 2.18. The first kappa shape index (κ1) is 13.7. The lowest BCUT2D eigenvalue weighted by molar-refractivity contribution is -0.114. The fourth-order valence-corrected chi connectivity index (χ4v) is 1.42. The van der Waals surface area contributed by atoms with Gasteiger partial charge < -0.3 is 14.8 Å². The summed E-state index contributed by atoms with van der Waals surface area (Å²) in [5, 5.41) is 2.43. The van der Waals surface area contributed by atoms with Gasteiger partial charge in [0.05, 0.1) is 31.0 Å². The van der Waals surface area contributed by atoms with Crippen LogP contribution in [0.3, 0.4) is 0 Å². The molecular formula is C12H13NO5. The van der Waals surface area contributed by atoms with E-state index in [1.165, 1.54) is 39.3 Å². The summed E-state index contributed by atoms with van der Waals surface area (Å²) in [7, 11) is 2.43. The Morgan fingerprint density at radius 1 is 1.00 bits per heavy atom. The minimum absolute atomic E-state index is 0.0868. The number of amides is 1. The maximum absolute atomic E-state index is 11.6. The van der Waals surface area contributed by atoms with Crippen molar-refractivity contribution in [3.05, 3.63) is 29.3 Å². The smallest absolute Gasteiger partial charge is 0.340 e. The molecule has 0 aliphatic rings. The molecule has 1 N–H and O–H groups in total. The fourth-order valence-electron chi connectivity index (χ4n) is 1.42. The van der Waals surface area contributed by atoms with Crippen molar-refractivity contribution in [2.45, 2.75) is 6.92 Å². The fraction of sp³-hybridized carbons (Fsp3) is 0.250. The van der Waals surface area contributed by atoms with Gasteiger partial charge in [0.1, 0.15) is 0 Å². The highest BCUT2D eigenvalue weighted by Gasteiger charge is 2.20. The van der Waals surface area contributed by atoms with Crippen molar-refractivity contribution >= 4 is 23.5 Å². The van der Waals surface area contributed by atoms with Crippen LogP contribution in [0.15, 0.2) is 18.2 Å².